The van der Waals surface area contributed by atoms with Gasteiger partial charge in [-0.05, 0) is 24.6 Å². The van der Waals surface area contributed by atoms with Crippen LogP contribution in [0.3, 0.4) is 0 Å². The molecule has 2 aromatic rings. The van der Waals surface area contributed by atoms with Crippen molar-refractivity contribution in [2.45, 2.75) is 19.9 Å². The lowest BCUT2D eigenvalue weighted by Gasteiger charge is -2.10. The zero-order valence-electron chi connectivity index (χ0n) is 11.6. The normalized spacial score (nSPS) is 10.3. The predicted octanol–water partition coefficient (Wildman–Crippen LogP) is 0.456. The minimum Gasteiger partial charge on any atom is -0.398 e. The van der Waals surface area contributed by atoms with Crippen molar-refractivity contribution in [2.75, 3.05) is 11.1 Å². The fourth-order valence-electron chi connectivity index (χ4n) is 1.84. The number of aromatic amines is 1. The van der Waals surface area contributed by atoms with Crippen LogP contribution in [-0.4, -0.2) is 15.7 Å². The van der Waals surface area contributed by atoms with E-state index in [1.54, 1.807) is 18.2 Å². The Morgan fingerprint density at radius 3 is 2.81 bits per heavy atom. The smallest absolute Gasteiger partial charge is 0.265 e. The summed E-state index contributed by atoms with van der Waals surface area (Å²) in [5.41, 5.74) is 7.03. The molecule has 7 heteroatoms. The van der Waals surface area contributed by atoms with Crippen molar-refractivity contribution in [3.8, 4) is 0 Å². The number of hydrogen-bond acceptors (Lipinski definition) is 4. The SMILES string of the molecule is Cc1c(N)cccc1NC(=O)CCn1[nH]c(=O)ccc1=O. The van der Waals surface area contributed by atoms with Crippen LogP contribution < -0.4 is 22.2 Å². The molecule has 2 rings (SSSR count). The van der Waals surface area contributed by atoms with Crippen molar-refractivity contribution in [3.05, 3.63) is 56.6 Å². The molecule has 4 N–H and O–H groups in total. The molecule has 0 aliphatic carbocycles. The number of aromatic nitrogens is 2. The second-order valence-electron chi connectivity index (χ2n) is 4.62. The molecule has 0 spiro atoms. The minimum absolute atomic E-state index is 0.0636. The zero-order chi connectivity index (χ0) is 15.4. The van der Waals surface area contributed by atoms with Gasteiger partial charge in [0, 0.05) is 29.9 Å². The number of aryl methyl sites for hydroxylation is 1. The Balaban J connectivity index is 2.02. The topological polar surface area (TPSA) is 110 Å². The van der Waals surface area contributed by atoms with Crippen LogP contribution in [-0.2, 0) is 11.3 Å². The van der Waals surface area contributed by atoms with Gasteiger partial charge < -0.3 is 11.1 Å². The van der Waals surface area contributed by atoms with E-state index in [0.717, 1.165) is 16.3 Å². The fraction of sp³-hybridized carbons (Fsp3) is 0.214. The lowest BCUT2D eigenvalue weighted by Crippen LogP contribution is -2.29. The first-order valence-corrected chi connectivity index (χ1v) is 6.42. The minimum atomic E-state index is -0.387. The van der Waals surface area contributed by atoms with Crippen LogP contribution in [0.2, 0.25) is 0 Å². The summed E-state index contributed by atoms with van der Waals surface area (Å²) in [7, 11) is 0. The fourth-order valence-corrected chi connectivity index (χ4v) is 1.84. The summed E-state index contributed by atoms with van der Waals surface area (Å²) in [6.45, 7) is 1.91. The molecule has 110 valence electrons. The van der Waals surface area contributed by atoms with Gasteiger partial charge in [0.15, 0.2) is 0 Å². The third-order valence-corrected chi connectivity index (χ3v) is 3.10. The molecule has 0 aliphatic rings. The lowest BCUT2D eigenvalue weighted by atomic mass is 10.1. The third kappa shape index (κ3) is 3.59. The zero-order valence-corrected chi connectivity index (χ0v) is 11.6. The van der Waals surface area contributed by atoms with E-state index in [0.29, 0.717) is 11.4 Å². The van der Waals surface area contributed by atoms with Gasteiger partial charge in [0.2, 0.25) is 5.91 Å². The molecule has 1 aromatic heterocycles. The van der Waals surface area contributed by atoms with E-state index < -0.39 is 0 Å². The molecular formula is C14H16N4O3. The van der Waals surface area contributed by atoms with Gasteiger partial charge in [0.1, 0.15) is 0 Å². The van der Waals surface area contributed by atoms with Crippen LogP contribution in [0.15, 0.2) is 39.9 Å². The quantitative estimate of drug-likeness (QED) is 0.710. The highest BCUT2D eigenvalue weighted by Gasteiger charge is 2.07. The number of amides is 1. The van der Waals surface area contributed by atoms with E-state index in [4.69, 9.17) is 5.73 Å². The maximum atomic E-state index is 11.9. The van der Waals surface area contributed by atoms with Gasteiger partial charge in [-0.1, -0.05) is 6.07 Å². The Labute approximate surface area is 120 Å². The monoisotopic (exact) mass is 288 g/mol. The van der Waals surface area contributed by atoms with E-state index in [2.05, 4.69) is 10.4 Å². The van der Waals surface area contributed by atoms with Gasteiger partial charge in [-0.2, -0.15) is 0 Å². The van der Waals surface area contributed by atoms with E-state index in [1.165, 1.54) is 6.07 Å². The van der Waals surface area contributed by atoms with E-state index in [1.807, 2.05) is 6.92 Å². The van der Waals surface area contributed by atoms with Gasteiger partial charge in [-0.15, -0.1) is 0 Å². The molecule has 0 unspecified atom stereocenters. The molecule has 0 saturated carbocycles. The number of nitrogens with two attached hydrogens (primary N) is 1. The van der Waals surface area contributed by atoms with Crippen molar-refractivity contribution < 1.29 is 4.79 Å². The number of benzene rings is 1. The van der Waals surface area contributed by atoms with E-state index in [-0.39, 0.29) is 30.0 Å². The lowest BCUT2D eigenvalue weighted by molar-refractivity contribution is -0.116. The Kier molecular flexibility index (Phi) is 4.22. The first kappa shape index (κ1) is 14.6. The van der Waals surface area contributed by atoms with Crippen LogP contribution in [0.4, 0.5) is 11.4 Å². The van der Waals surface area contributed by atoms with Gasteiger partial charge >= 0.3 is 0 Å². The molecule has 0 aliphatic heterocycles. The van der Waals surface area contributed by atoms with Crippen molar-refractivity contribution in [3.63, 3.8) is 0 Å². The van der Waals surface area contributed by atoms with Crippen LogP contribution >= 0.6 is 0 Å². The summed E-state index contributed by atoms with van der Waals surface area (Å²) < 4.78 is 1.11. The Morgan fingerprint density at radius 2 is 2.05 bits per heavy atom. The van der Waals surface area contributed by atoms with Crippen molar-refractivity contribution in [2.24, 2.45) is 0 Å². The highest BCUT2D eigenvalue weighted by molar-refractivity contribution is 5.92. The molecule has 0 saturated heterocycles. The predicted molar refractivity (Wildman–Crippen MR) is 80.2 cm³/mol. The standard InChI is InChI=1S/C14H16N4O3/c1-9-10(15)3-2-4-11(9)16-12(19)7-8-18-14(21)6-5-13(20)17-18/h2-6H,7-8,15H2,1H3,(H,16,19)(H,17,20). The Bertz CT molecular complexity index is 776. The van der Waals surface area contributed by atoms with Gasteiger partial charge in [-0.3, -0.25) is 19.5 Å². The van der Waals surface area contributed by atoms with E-state index in [9.17, 15) is 14.4 Å². The van der Waals surface area contributed by atoms with Crippen molar-refractivity contribution in [1.82, 2.24) is 9.78 Å². The molecular weight excluding hydrogens is 272 g/mol. The summed E-state index contributed by atoms with van der Waals surface area (Å²) in [6.07, 6.45) is 0.0636. The molecule has 1 amide bonds. The average Bonchev–Trinajstić information content (AvgIpc) is 2.45. The average molecular weight is 288 g/mol. The first-order valence-electron chi connectivity index (χ1n) is 6.42. The number of rotatable bonds is 4. The van der Waals surface area contributed by atoms with Crippen LogP contribution in [0.25, 0.3) is 0 Å². The van der Waals surface area contributed by atoms with Crippen molar-refractivity contribution >= 4 is 17.3 Å². The number of carbonyl (C=O) groups is 1. The van der Waals surface area contributed by atoms with Crippen LogP contribution in [0.1, 0.15) is 12.0 Å². The van der Waals surface area contributed by atoms with E-state index >= 15 is 0 Å². The highest BCUT2D eigenvalue weighted by atomic mass is 16.2. The summed E-state index contributed by atoms with van der Waals surface area (Å²) in [5.74, 6) is -0.264. The number of nitrogens with one attached hydrogen (secondary N) is 2. The number of hydrogen-bond donors (Lipinski definition) is 3. The summed E-state index contributed by atoms with van der Waals surface area (Å²) in [6, 6.07) is 7.56. The van der Waals surface area contributed by atoms with Gasteiger partial charge in [-0.25, -0.2) is 4.68 Å². The van der Waals surface area contributed by atoms with Gasteiger partial charge in [0.05, 0.1) is 6.54 Å². The number of H-pyrrole nitrogens is 1. The molecule has 1 aromatic carbocycles. The summed E-state index contributed by atoms with van der Waals surface area (Å²) >= 11 is 0. The molecule has 0 atom stereocenters. The maximum absolute atomic E-state index is 11.9. The van der Waals surface area contributed by atoms with Crippen LogP contribution in [0, 0.1) is 6.92 Å². The molecule has 0 fully saturated rings. The number of anilines is 2. The van der Waals surface area contributed by atoms with Gasteiger partial charge in [0.25, 0.3) is 11.1 Å². The molecule has 0 radical (unpaired) electrons. The maximum Gasteiger partial charge on any atom is 0.265 e. The molecule has 7 nitrogen and oxygen atoms in total. The Morgan fingerprint density at radius 1 is 1.29 bits per heavy atom. The molecule has 21 heavy (non-hydrogen) atoms. The largest absolute Gasteiger partial charge is 0.398 e. The van der Waals surface area contributed by atoms with Crippen molar-refractivity contribution in [1.29, 1.82) is 0 Å². The summed E-state index contributed by atoms with van der Waals surface area (Å²) in [4.78, 5) is 34.5. The second-order valence-corrected chi connectivity index (χ2v) is 4.62. The Hall–Kier alpha value is -2.83. The molecule has 0 bridgehead atoms. The third-order valence-electron chi connectivity index (χ3n) is 3.10. The first-order chi connectivity index (χ1) is 9.97. The second kappa shape index (κ2) is 6.08. The number of nitrogen functional groups attached to an aromatic ring is 1. The number of nitrogens with zero attached hydrogens (tertiary/aromatic N) is 1. The van der Waals surface area contributed by atoms with Crippen LogP contribution in [0.5, 0.6) is 0 Å². The number of carbonyl (C=O) groups excluding carboxylic acids is 1. The highest BCUT2D eigenvalue weighted by Crippen LogP contribution is 2.20. The molecule has 1 heterocycles. The summed E-state index contributed by atoms with van der Waals surface area (Å²) in [5, 5.41) is 5.09.